The summed E-state index contributed by atoms with van der Waals surface area (Å²) in [5.74, 6) is 1.46. The number of hydrogen-bond acceptors (Lipinski definition) is 5. The third-order valence-corrected chi connectivity index (χ3v) is 8.33. The van der Waals surface area contributed by atoms with Crippen LogP contribution in [0.3, 0.4) is 0 Å². The molecule has 0 bridgehead atoms. The lowest BCUT2D eigenvalue weighted by Gasteiger charge is -2.35. The zero-order valence-corrected chi connectivity index (χ0v) is 19.6. The summed E-state index contributed by atoms with van der Waals surface area (Å²) < 4.78 is 40.5. The smallest absolute Gasteiger partial charge is 0.253 e. The number of thiophene rings is 1. The van der Waals surface area contributed by atoms with Gasteiger partial charge in [-0.05, 0) is 74.0 Å². The van der Waals surface area contributed by atoms with Crippen molar-refractivity contribution in [1.82, 2.24) is 4.31 Å². The standard InChI is InChI=1S/C24H27NO4S2/c1-24(2,3)29-22-12-10-21(11-13-22)28-17-20-15-18-7-4-5-8-19(18)16-25(20)31(26,27)23-9-6-14-30-23/h4-14,20H,15-17H2,1-3H3/t20-/m0/s1. The van der Waals surface area contributed by atoms with Gasteiger partial charge in [-0.3, -0.25) is 0 Å². The number of hydrogen-bond donors (Lipinski definition) is 0. The lowest BCUT2D eigenvalue weighted by atomic mass is 9.96. The van der Waals surface area contributed by atoms with Crippen molar-refractivity contribution in [3.8, 4) is 11.5 Å². The fourth-order valence-electron chi connectivity index (χ4n) is 3.66. The Bertz CT molecular complexity index is 1120. The van der Waals surface area contributed by atoms with Gasteiger partial charge in [0.15, 0.2) is 0 Å². The first-order chi connectivity index (χ1) is 14.7. The summed E-state index contributed by atoms with van der Waals surface area (Å²) in [6.07, 6.45) is 0.617. The van der Waals surface area contributed by atoms with Crippen LogP contribution >= 0.6 is 11.3 Å². The van der Waals surface area contributed by atoms with Crippen LogP contribution in [0.1, 0.15) is 31.9 Å². The first-order valence-electron chi connectivity index (χ1n) is 10.3. The second-order valence-electron chi connectivity index (χ2n) is 8.61. The summed E-state index contributed by atoms with van der Waals surface area (Å²) in [7, 11) is -3.59. The summed E-state index contributed by atoms with van der Waals surface area (Å²) in [4.78, 5) is 0. The van der Waals surface area contributed by atoms with Crippen molar-refractivity contribution in [2.45, 2.75) is 49.6 Å². The van der Waals surface area contributed by atoms with Crippen LogP contribution in [0, 0.1) is 0 Å². The maximum Gasteiger partial charge on any atom is 0.253 e. The topological polar surface area (TPSA) is 55.8 Å². The summed E-state index contributed by atoms with van der Waals surface area (Å²) in [5.41, 5.74) is 1.94. The van der Waals surface area contributed by atoms with E-state index >= 15 is 0 Å². The highest BCUT2D eigenvalue weighted by Gasteiger charge is 2.36. The molecule has 0 radical (unpaired) electrons. The Hall–Kier alpha value is -2.35. The zero-order chi connectivity index (χ0) is 22.1. The zero-order valence-electron chi connectivity index (χ0n) is 17.9. The molecule has 7 heteroatoms. The molecular weight excluding hydrogens is 430 g/mol. The van der Waals surface area contributed by atoms with Crippen LogP contribution in [0.25, 0.3) is 0 Å². The van der Waals surface area contributed by atoms with E-state index in [0.717, 1.165) is 11.3 Å². The molecule has 2 aromatic carbocycles. The van der Waals surface area contributed by atoms with Gasteiger partial charge in [0, 0.05) is 6.54 Å². The lowest BCUT2D eigenvalue weighted by molar-refractivity contribution is 0.130. The number of rotatable bonds is 6. The predicted molar refractivity (Wildman–Crippen MR) is 123 cm³/mol. The van der Waals surface area contributed by atoms with Crippen LogP contribution in [-0.2, 0) is 23.0 Å². The Morgan fingerprint density at radius 2 is 1.65 bits per heavy atom. The van der Waals surface area contributed by atoms with Gasteiger partial charge < -0.3 is 9.47 Å². The highest BCUT2D eigenvalue weighted by molar-refractivity contribution is 7.91. The molecule has 164 valence electrons. The van der Waals surface area contributed by atoms with E-state index in [1.165, 1.54) is 16.9 Å². The van der Waals surface area contributed by atoms with Crippen molar-refractivity contribution in [1.29, 1.82) is 0 Å². The fourth-order valence-corrected chi connectivity index (χ4v) is 6.37. The van der Waals surface area contributed by atoms with Crippen LogP contribution in [-0.4, -0.2) is 31.0 Å². The van der Waals surface area contributed by atoms with Gasteiger partial charge in [0.1, 0.15) is 27.9 Å². The minimum Gasteiger partial charge on any atom is -0.492 e. The fraction of sp³-hybridized carbons (Fsp3) is 0.333. The van der Waals surface area contributed by atoms with Crippen molar-refractivity contribution < 1.29 is 17.9 Å². The van der Waals surface area contributed by atoms with Crippen molar-refractivity contribution >= 4 is 21.4 Å². The van der Waals surface area contributed by atoms with E-state index in [1.54, 1.807) is 21.8 Å². The molecular formula is C24H27NO4S2. The van der Waals surface area contributed by atoms with E-state index in [4.69, 9.17) is 9.47 Å². The number of ether oxygens (including phenoxy) is 2. The molecule has 1 aliphatic rings. The quantitative estimate of drug-likeness (QED) is 0.516. The Morgan fingerprint density at radius 3 is 2.29 bits per heavy atom. The molecule has 0 saturated heterocycles. The first kappa shape index (κ1) is 21.9. The molecule has 0 N–H and O–H groups in total. The second kappa shape index (κ2) is 8.65. The Labute approximate surface area is 188 Å². The van der Waals surface area contributed by atoms with Gasteiger partial charge in [0.2, 0.25) is 0 Å². The van der Waals surface area contributed by atoms with Crippen molar-refractivity contribution in [3.63, 3.8) is 0 Å². The first-order valence-corrected chi connectivity index (χ1v) is 12.6. The van der Waals surface area contributed by atoms with Gasteiger partial charge in [0.25, 0.3) is 10.0 Å². The Balaban J connectivity index is 1.53. The van der Waals surface area contributed by atoms with Crippen molar-refractivity contribution in [2.75, 3.05) is 6.61 Å². The summed E-state index contributed by atoms with van der Waals surface area (Å²) in [5, 5.41) is 1.79. The molecule has 0 saturated carbocycles. The Kier molecular flexibility index (Phi) is 6.10. The normalized spacial score (nSPS) is 17.2. The van der Waals surface area contributed by atoms with Crippen LogP contribution < -0.4 is 9.47 Å². The number of nitrogens with zero attached hydrogens (tertiary/aromatic N) is 1. The molecule has 1 aliphatic heterocycles. The predicted octanol–water partition coefficient (Wildman–Crippen LogP) is 5.12. The minimum absolute atomic E-state index is 0.269. The molecule has 0 unspecified atom stereocenters. The number of sulfonamides is 1. The number of benzene rings is 2. The van der Waals surface area contributed by atoms with E-state index in [1.807, 2.05) is 63.2 Å². The molecule has 0 fully saturated rings. The molecule has 0 aliphatic carbocycles. The summed E-state index contributed by atoms with van der Waals surface area (Å²) in [6, 6.07) is 18.6. The van der Waals surface area contributed by atoms with E-state index in [-0.39, 0.29) is 18.2 Å². The average Bonchev–Trinajstić information content (AvgIpc) is 3.27. The highest BCUT2D eigenvalue weighted by Crippen LogP contribution is 2.31. The van der Waals surface area contributed by atoms with Crippen LogP contribution in [0.5, 0.6) is 11.5 Å². The monoisotopic (exact) mass is 457 g/mol. The van der Waals surface area contributed by atoms with Gasteiger partial charge in [-0.1, -0.05) is 30.3 Å². The lowest BCUT2D eigenvalue weighted by Crippen LogP contribution is -2.47. The van der Waals surface area contributed by atoms with Gasteiger partial charge in [-0.25, -0.2) is 8.42 Å². The molecule has 4 rings (SSSR count). The van der Waals surface area contributed by atoms with Crippen LogP contribution in [0.15, 0.2) is 70.3 Å². The Morgan fingerprint density at radius 1 is 0.968 bits per heavy atom. The molecule has 31 heavy (non-hydrogen) atoms. The number of fused-ring (bicyclic) bond motifs is 1. The summed E-state index contributed by atoms with van der Waals surface area (Å²) in [6.45, 7) is 6.63. The largest absolute Gasteiger partial charge is 0.492 e. The van der Waals surface area contributed by atoms with Crippen molar-refractivity contribution in [2.24, 2.45) is 0 Å². The van der Waals surface area contributed by atoms with E-state index in [2.05, 4.69) is 6.07 Å². The average molecular weight is 458 g/mol. The van der Waals surface area contributed by atoms with E-state index in [0.29, 0.717) is 22.9 Å². The molecule has 2 heterocycles. The highest BCUT2D eigenvalue weighted by atomic mass is 32.2. The van der Waals surface area contributed by atoms with Crippen LogP contribution in [0.2, 0.25) is 0 Å². The van der Waals surface area contributed by atoms with E-state index < -0.39 is 10.0 Å². The minimum atomic E-state index is -3.59. The van der Waals surface area contributed by atoms with Gasteiger partial charge in [-0.15, -0.1) is 11.3 Å². The second-order valence-corrected chi connectivity index (χ2v) is 11.7. The van der Waals surface area contributed by atoms with Crippen LogP contribution in [0.4, 0.5) is 0 Å². The summed E-state index contributed by atoms with van der Waals surface area (Å²) >= 11 is 1.24. The maximum atomic E-state index is 13.3. The van der Waals surface area contributed by atoms with Gasteiger partial charge in [0.05, 0.1) is 6.04 Å². The third-order valence-electron chi connectivity index (χ3n) is 5.06. The van der Waals surface area contributed by atoms with Gasteiger partial charge in [-0.2, -0.15) is 4.31 Å². The molecule has 1 atom stereocenters. The maximum absolute atomic E-state index is 13.3. The molecule has 3 aromatic rings. The molecule has 0 spiro atoms. The van der Waals surface area contributed by atoms with Gasteiger partial charge >= 0.3 is 0 Å². The third kappa shape index (κ3) is 5.11. The molecule has 1 aromatic heterocycles. The van der Waals surface area contributed by atoms with E-state index in [9.17, 15) is 8.42 Å². The molecule has 5 nitrogen and oxygen atoms in total. The SMILES string of the molecule is CC(C)(C)Oc1ccc(OC[C@@H]2Cc3ccccc3CN2S(=O)(=O)c2cccs2)cc1. The van der Waals surface area contributed by atoms with Crippen molar-refractivity contribution in [3.05, 3.63) is 77.2 Å². The molecule has 0 amide bonds.